The Balaban J connectivity index is 2.26. The van der Waals surface area contributed by atoms with Gasteiger partial charge in [-0.15, -0.1) is 11.3 Å². The molecule has 2 heterocycles. The summed E-state index contributed by atoms with van der Waals surface area (Å²) in [5, 5.41) is 2.69. The Morgan fingerprint density at radius 3 is 2.38 bits per heavy atom. The molecule has 1 aromatic carbocycles. The SMILES string of the molecule is C/C=C1/C[C@@](CC(C)C)(C(=O)OC(C)(C)C)N(C(=O)c2ccc(C(C)(C)C)c(OC)c2)[C@H]1c1nccs1. The van der Waals surface area contributed by atoms with Crippen LogP contribution in [0.25, 0.3) is 0 Å². The first-order valence-corrected chi connectivity index (χ1v) is 13.8. The molecule has 202 valence electrons. The molecule has 0 unspecified atom stereocenters. The van der Waals surface area contributed by atoms with Gasteiger partial charge in [0.1, 0.15) is 27.9 Å². The van der Waals surface area contributed by atoms with Crippen molar-refractivity contribution in [1.82, 2.24) is 9.88 Å². The first kappa shape index (κ1) is 28.9. The minimum absolute atomic E-state index is 0.147. The first-order chi connectivity index (χ1) is 17.1. The van der Waals surface area contributed by atoms with E-state index < -0.39 is 17.2 Å². The van der Waals surface area contributed by atoms with E-state index in [1.54, 1.807) is 24.3 Å². The van der Waals surface area contributed by atoms with Crippen molar-refractivity contribution in [3.63, 3.8) is 0 Å². The molecule has 0 bridgehead atoms. The zero-order valence-electron chi connectivity index (χ0n) is 24.0. The molecule has 0 aliphatic carbocycles. The molecule has 1 aliphatic rings. The van der Waals surface area contributed by atoms with Crippen LogP contribution in [0.5, 0.6) is 5.75 Å². The summed E-state index contributed by atoms with van der Waals surface area (Å²) in [5.41, 5.74) is 0.475. The number of benzene rings is 1. The lowest BCUT2D eigenvalue weighted by molar-refractivity contribution is -0.168. The second-order valence-electron chi connectivity index (χ2n) is 12.3. The van der Waals surface area contributed by atoms with Crippen molar-refractivity contribution < 1.29 is 19.1 Å². The monoisotopic (exact) mass is 526 g/mol. The Labute approximate surface area is 226 Å². The van der Waals surface area contributed by atoms with E-state index in [0.29, 0.717) is 24.2 Å². The predicted octanol–water partition coefficient (Wildman–Crippen LogP) is 7.11. The molecule has 1 fully saturated rings. The molecule has 0 radical (unpaired) electrons. The summed E-state index contributed by atoms with van der Waals surface area (Å²) in [6.45, 7) is 18.0. The Kier molecular flexibility index (Phi) is 8.28. The number of aromatic nitrogens is 1. The van der Waals surface area contributed by atoms with Crippen LogP contribution in [-0.2, 0) is 14.9 Å². The molecular weight excluding hydrogens is 484 g/mol. The maximum atomic E-state index is 14.5. The van der Waals surface area contributed by atoms with E-state index in [2.05, 4.69) is 39.6 Å². The number of carbonyl (C=O) groups is 2. The Hall–Kier alpha value is -2.67. The fourth-order valence-corrected chi connectivity index (χ4v) is 5.97. The summed E-state index contributed by atoms with van der Waals surface area (Å²) >= 11 is 1.49. The molecule has 3 rings (SSSR count). The molecular formula is C30H42N2O4S. The zero-order valence-corrected chi connectivity index (χ0v) is 24.8. The topological polar surface area (TPSA) is 68.7 Å². The van der Waals surface area contributed by atoms with Crippen molar-refractivity contribution in [3.8, 4) is 5.75 Å². The zero-order chi connectivity index (χ0) is 27.8. The van der Waals surface area contributed by atoms with Gasteiger partial charge in [0.05, 0.1) is 7.11 Å². The van der Waals surface area contributed by atoms with Crippen molar-refractivity contribution in [2.75, 3.05) is 7.11 Å². The average Bonchev–Trinajstić information content (AvgIpc) is 3.42. The lowest BCUT2D eigenvalue weighted by Gasteiger charge is -2.41. The van der Waals surface area contributed by atoms with Gasteiger partial charge in [-0.05, 0) is 68.7 Å². The van der Waals surface area contributed by atoms with Crippen molar-refractivity contribution in [2.45, 2.75) is 97.8 Å². The van der Waals surface area contributed by atoms with Gasteiger partial charge in [0.25, 0.3) is 5.91 Å². The number of esters is 1. The summed E-state index contributed by atoms with van der Waals surface area (Å²) < 4.78 is 11.7. The molecule has 0 saturated carbocycles. The highest BCUT2D eigenvalue weighted by atomic mass is 32.1. The predicted molar refractivity (Wildman–Crippen MR) is 149 cm³/mol. The minimum atomic E-state index is -1.16. The number of hydrogen-bond donors (Lipinski definition) is 0. The minimum Gasteiger partial charge on any atom is -0.496 e. The van der Waals surface area contributed by atoms with Gasteiger partial charge < -0.3 is 14.4 Å². The van der Waals surface area contributed by atoms with Crippen LogP contribution in [0.15, 0.2) is 41.4 Å². The molecule has 2 aromatic rings. The number of thiazole rings is 1. The maximum absolute atomic E-state index is 14.5. The largest absolute Gasteiger partial charge is 0.496 e. The molecule has 1 saturated heterocycles. The molecule has 0 N–H and O–H groups in total. The quantitative estimate of drug-likeness (QED) is 0.296. The number of methoxy groups -OCH3 is 1. The van der Waals surface area contributed by atoms with Crippen LogP contribution in [0.4, 0.5) is 0 Å². The number of carbonyl (C=O) groups excluding carboxylic acids is 2. The van der Waals surface area contributed by atoms with Crippen molar-refractivity contribution in [2.24, 2.45) is 5.92 Å². The van der Waals surface area contributed by atoms with Crippen LogP contribution >= 0.6 is 11.3 Å². The highest BCUT2D eigenvalue weighted by Crippen LogP contribution is 2.51. The molecule has 1 amide bonds. The number of rotatable bonds is 6. The molecule has 37 heavy (non-hydrogen) atoms. The van der Waals surface area contributed by atoms with Crippen LogP contribution in [0.1, 0.15) is 102 Å². The summed E-state index contributed by atoms with van der Waals surface area (Å²) in [5.74, 6) is 0.191. The third-order valence-corrected chi connectivity index (χ3v) is 7.45. The molecule has 0 spiro atoms. The van der Waals surface area contributed by atoms with Crippen molar-refractivity contribution >= 4 is 23.2 Å². The molecule has 2 atom stereocenters. The number of amides is 1. The lowest BCUT2D eigenvalue weighted by atomic mass is 9.84. The van der Waals surface area contributed by atoms with Gasteiger partial charge in [0.2, 0.25) is 0 Å². The summed E-state index contributed by atoms with van der Waals surface area (Å²) in [6.07, 6.45) is 4.64. The third-order valence-electron chi connectivity index (χ3n) is 6.62. The van der Waals surface area contributed by atoms with E-state index in [9.17, 15) is 9.59 Å². The fraction of sp³-hybridized carbons (Fsp3) is 0.567. The summed E-state index contributed by atoms with van der Waals surface area (Å²) in [4.78, 5) is 34.9. The fourth-order valence-electron chi connectivity index (χ4n) is 5.20. The van der Waals surface area contributed by atoms with E-state index in [4.69, 9.17) is 9.47 Å². The lowest BCUT2D eigenvalue weighted by Crippen LogP contribution is -2.56. The van der Waals surface area contributed by atoms with E-state index in [-0.39, 0.29) is 23.2 Å². The average molecular weight is 527 g/mol. The Morgan fingerprint density at radius 1 is 1.22 bits per heavy atom. The number of hydrogen-bond acceptors (Lipinski definition) is 6. The maximum Gasteiger partial charge on any atom is 0.332 e. The van der Waals surface area contributed by atoms with E-state index in [1.807, 2.05) is 51.3 Å². The van der Waals surface area contributed by atoms with Crippen LogP contribution in [0.3, 0.4) is 0 Å². The van der Waals surface area contributed by atoms with E-state index >= 15 is 0 Å². The standard InChI is InChI=1S/C30H42N2O4S/c1-11-20-18-30(17-19(2)3,27(34)36-29(7,8)9)32(24(20)25-31-14-15-37-25)26(33)21-12-13-22(28(4,5)6)23(16-21)35-10/h11-16,19,24H,17-18H2,1-10H3/b20-11-/t24-,30+/m1/s1. The molecule has 1 aliphatic heterocycles. The molecule has 1 aromatic heterocycles. The smallest absolute Gasteiger partial charge is 0.332 e. The van der Waals surface area contributed by atoms with Gasteiger partial charge in [-0.1, -0.05) is 46.8 Å². The Morgan fingerprint density at radius 2 is 1.89 bits per heavy atom. The van der Waals surface area contributed by atoms with Gasteiger partial charge in [0, 0.05) is 23.6 Å². The highest BCUT2D eigenvalue weighted by Gasteiger charge is 2.58. The van der Waals surface area contributed by atoms with E-state index in [1.165, 1.54) is 11.3 Å². The molecule has 6 nitrogen and oxygen atoms in total. The van der Waals surface area contributed by atoms with Gasteiger partial charge in [-0.2, -0.15) is 0 Å². The number of ether oxygens (including phenoxy) is 2. The van der Waals surface area contributed by atoms with Crippen LogP contribution in [0, 0.1) is 5.92 Å². The van der Waals surface area contributed by atoms with Crippen LogP contribution in [-0.4, -0.2) is 40.0 Å². The summed E-state index contributed by atoms with van der Waals surface area (Å²) in [6, 6.07) is 5.14. The first-order valence-electron chi connectivity index (χ1n) is 12.9. The van der Waals surface area contributed by atoms with Crippen molar-refractivity contribution in [3.05, 3.63) is 57.6 Å². The Bertz CT molecular complexity index is 1160. The summed E-state index contributed by atoms with van der Waals surface area (Å²) in [7, 11) is 1.62. The highest BCUT2D eigenvalue weighted by molar-refractivity contribution is 7.09. The normalized spacial score (nSPS) is 21.5. The van der Waals surface area contributed by atoms with Gasteiger partial charge in [0.15, 0.2) is 0 Å². The van der Waals surface area contributed by atoms with E-state index in [0.717, 1.165) is 16.1 Å². The number of likely N-dealkylation sites (tertiary alicyclic amines) is 1. The second kappa shape index (κ2) is 10.6. The second-order valence-corrected chi connectivity index (χ2v) is 13.2. The molecule has 7 heteroatoms. The van der Waals surface area contributed by atoms with Crippen LogP contribution in [0.2, 0.25) is 0 Å². The number of nitrogens with zero attached hydrogens (tertiary/aromatic N) is 2. The third kappa shape index (κ3) is 5.92. The van der Waals surface area contributed by atoms with Crippen LogP contribution < -0.4 is 4.74 Å². The van der Waals surface area contributed by atoms with Gasteiger partial charge in [-0.25, -0.2) is 9.78 Å². The number of allylic oxidation sites excluding steroid dienone is 1. The van der Waals surface area contributed by atoms with Crippen molar-refractivity contribution in [1.29, 1.82) is 0 Å². The van der Waals surface area contributed by atoms with Gasteiger partial charge in [-0.3, -0.25) is 4.79 Å². The van der Waals surface area contributed by atoms with Gasteiger partial charge >= 0.3 is 5.97 Å².